The maximum Gasteiger partial charge on any atom is 0.269 e. The second-order valence-corrected chi connectivity index (χ2v) is 4.03. The van der Waals surface area contributed by atoms with Crippen LogP contribution in [-0.2, 0) is 0 Å². The molecule has 1 amide bonds. The van der Waals surface area contributed by atoms with Gasteiger partial charge in [-0.1, -0.05) is 18.2 Å². The lowest BCUT2D eigenvalue weighted by atomic mass is 10.2. The number of nitrogens with one attached hydrogen (secondary N) is 2. The summed E-state index contributed by atoms with van der Waals surface area (Å²) in [5, 5.41) is 3.55. The molecule has 0 saturated heterocycles. The molecular formula is C13H11N5O2. The largest absolute Gasteiger partial charge is 0.445 e. The highest BCUT2D eigenvalue weighted by molar-refractivity contribution is 6.04. The minimum absolute atomic E-state index is 0.300. The first-order valence-corrected chi connectivity index (χ1v) is 5.85. The highest BCUT2D eigenvalue weighted by atomic mass is 16.3. The van der Waals surface area contributed by atoms with E-state index in [9.17, 15) is 4.79 Å². The van der Waals surface area contributed by atoms with Crippen LogP contribution in [0.5, 0.6) is 0 Å². The van der Waals surface area contributed by atoms with Crippen molar-refractivity contribution in [1.82, 2.24) is 15.4 Å². The number of amides is 1. The number of furan rings is 1. The van der Waals surface area contributed by atoms with Crippen molar-refractivity contribution in [2.75, 3.05) is 5.32 Å². The van der Waals surface area contributed by atoms with Crippen LogP contribution >= 0.6 is 0 Å². The summed E-state index contributed by atoms with van der Waals surface area (Å²) in [5.74, 6) is 5.03. The monoisotopic (exact) mass is 269 g/mol. The maximum absolute atomic E-state index is 11.5. The smallest absolute Gasteiger partial charge is 0.269 e. The lowest BCUT2D eigenvalue weighted by Gasteiger charge is -2.03. The summed E-state index contributed by atoms with van der Waals surface area (Å²) in [6.07, 6.45) is 2.81. The van der Waals surface area contributed by atoms with Crippen LogP contribution < -0.4 is 16.6 Å². The zero-order valence-corrected chi connectivity index (χ0v) is 10.3. The fourth-order valence-electron chi connectivity index (χ4n) is 1.78. The van der Waals surface area contributed by atoms with Crippen LogP contribution in [0.15, 0.2) is 47.2 Å². The molecule has 1 aromatic carbocycles. The predicted molar refractivity (Wildman–Crippen MR) is 73.2 cm³/mol. The van der Waals surface area contributed by atoms with Crippen molar-refractivity contribution in [3.63, 3.8) is 0 Å². The van der Waals surface area contributed by atoms with Crippen molar-refractivity contribution in [1.29, 1.82) is 0 Å². The van der Waals surface area contributed by atoms with Crippen LogP contribution in [0.3, 0.4) is 0 Å². The number of carbonyl (C=O) groups is 1. The number of rotatable bonds is 3. The van der Waals surface area contributed by atoms with Gasteiger partial charge in [-0.3, -0.25) is 10.2 Å². The fourth-order valence-corrected chi connectivity index (χ4v) is 1.78. The summed E-state index contributed by atoms with van der Waals surface area (Å²) in [4.78, 5) is 19.8. The van der Waals surface area contributed by atoms with Gasteiger partial charge in [0.2, 0.25) is 11.7 Å². The Morgan fingerprint density at radius 1 is 1.25 bits per heavy atom. The Labute approximate surface area is 113 Å². The summed E-state index contributed by atoms with van der Waals surface area (Å²) in [5.41, 5.74) is 3.52. The average Bonchev–Trinajstić information content (AvgIpc) is 2.90. The number of hydrazine groups is 1. The number of fused-ring (bicyclic) bond motifs is 1. The molecule has 0 atom stereocenters. The first-order valence-electron chi connectivity index (χ1n) is 5.85. The first-order chi connectivity index (χ1) is 9.78. The summed E-state index contributed by atoms with van der Waals surface area (Å²) in [7, 11) is 0. The molecule has 3 aromatic rings. The molecule has 7 nitrogen and oxygen atoms in total. The number of nitrogens with two attached hydrogens (primary N) is 1. The van der Waals surface area contributed by atoms with E-state index in [0.717, 1.165) is 5.69 Å². The number of hydrogen-bond acceptors (Lipinski definition) is 6. The van der Waals surface area contributed by atoms with E-state index in [1.165, 1.54) is 12.5 Å². The van der Waals surface area contributed by atoms with Gasteiger partial charge >= 0.3 is 0 Å². The van der Waals surface area contributed by atoms with Gasteiger partial charge in [0.25, 0.3) is 5.91 Å². The number of para-hydroxylation sites is 1. The molecule has 0 fully saturated rings. The predicted octanol–water partition coefficient (Wildman–Crippen LogP) is 1.57. The molecular weight excluding hydrogens is 258 g/mol. The van der Waals surface area contributed by atoms with Crippen molar-refractivity contribution < 1.29 is 9.21 Å². The van der Waals surface area contributed by atoms with Gasteiger partial charge in [-0.05, 0) is 12.1 Å². The van der Waals surface area contributed by atoms with E-state index in [1.54, 1.807) is 0 Å². The van der Waals surface area contributed by atoms with Gasteiger partial charge < -0.3 is 9.73 Å². The van der Waals surface area contributed by atoms with Crippen LogP contribution in [-0.4, -0.2) is 15.9 Å². The van der Waals surface area contributed by atoms with Crippen LogP contribution in [0.4, 0.5) is 11.6 Å². The highest BCUT2D eigenvalue weighted by Gasteiger charge is 2.14. The molecule has 0 unspecified atom stereocenters. The average molecular weight is 269 g/mol. The van der Waals surface area contributed by atoms with Crippen molar-refractivity contribution >= 4 is 28.6 Å². The summed E-state index contributed by atoms with van der Waals surface area (Å²) < 4.78 is 5.24. The topological polar surface area (TPSA) is 106 Å². The lowest BCUT2D eigenvalue weighted by Crippen LogP contribution is -2.29. The Balaban J connectivity index is 1.94. The Morgan fingerprint density at radius 3 is 2.80 bits per heavy atom. The van der Waals surface area contributed by atoms with E-state index in [0.29, 0.717) is 22.6 Å². The van der Waals surface area contributed by atoms with Crippen LogP contribution in [0, 0.1) is 0 Å². The van der Waals surface area contributed by atoms with Gasteiger partial charge in [-0.2, -0.15) is 4.98 Å². The van der Waals surface area contributed by atoms with Crippen molar-refractivity contribution in [2.24, 2.45) is 5.84 Å². The molecule has 0 saturated carbocycles. The van der Waals surface area contributed by atoms with Gasteiger partial charge in [0.15, 0.2) is 0 Å². The number of hydrogen-bond donors (Lipinski definition) is 3. The fraction of sp³-hybridized carbons (Fsp3) is 0. The van der Waals surface area contributed by atoms with Gasteiger partial charge in [0, 0.05) is 11.9 Å². The van der Waals surface area contributed by atoms with Crippen LogP contribution in [0.25, 0.3) is 11.1 Å². The summed E-state index contributed by atoms with van der Waals surface area (Å²) in [6.45, 7) is 0. The number of aromatic nitrogens is 2. The molecule has 2 heterocycles. The first kappa shape index (κ1) is 12.1. The molecule has 4 N–H and O–H groups in total. The SMILES string of the molecule is NNC(=O)c1coc2nc(Nc3ccccc3)ncc12. The van der Waals surface area contributed by atoms with Gasteiger partial charge in [0.05, 0.1) is 10.9 Å². The molecule has 0 bridgehead atoms. The number of benzene rings is 1. The molecule has 0 aliphatic carbocycles. The Bertz CT molecular complexity index is 754. The number of nitrogen functional groups attached to an aromatic ring is 1. The summed E-state index contributed by atoms with van der Waals surface area (Å²) >= 11 is 0. The zero-order valence-electron chi connectivity index (χ0n) is 10.3. The third kappa shape index (κ3) is 2.17. The number of anilines is 2. The normalized spacial score (nSPS) is 10.4. The van der Waals surface area contributed by atoms with E-state index in [-0.39, 0.29) is 0 Å². The maximum atomic E-state index is 11.5. The van der Waals surface area contributed by atoms with E-state index in [4.69, 9.17) is 10.3 Å². The zero-order chi connectivity index (χ0) is 13.9. The van der Waals surface area contributed by atoms with Crippen molar-refractivity contribution in [2.45, 2.75) is 0 Å². The Kier molecular flexibility index (Phi) is 3.02. The molecule has 0 aliphatic heterocycles. The van der Waals surface area contributed by atoms with E-state index in [2.05, 4.69) is 15.3 Å². The van der Waals surface area contributed by atoms with Crippen molar-refractivity contribution in [3.05, 3.63) is 48.4 Å². The second kappa shape index (κ2) is 4.98. The van der Waals surface area contributed by atoms with Crippen molar-refractivity contribution in [3.8, 4) is 0 Å². The van der Waals surface area contributed by atoms with E-state index < -0.39 is 5.91 Å². The molecule has 7 heteroatoms. The third-order valence-electron chi connectivity index (χ3n) is 2.74. The Morgan fingerprint density at radius 2 is 2.05 bits per heavy atom. The molecule has 0 radical (unpaired) electrons. The second-order valence-electron chi connectivity index (χ2n) is 4.03. The van der Waals surface area contributed by atoms with Crippen LogP contribution in [0.2, 0.25) is 0 Å². The van der Waals surface area contributed by atoms with Crippen LogP contribution in [0.1, 0.15) is 10.4 Å². The molecule has 0 spiro atoms. The summed E-state index contributed by atoms with van der Waals surface area (Å²) in [6, 6.07) is 9.50. The standard InChI is InChI=1S/C13H11N5O2/c14-18-11(19)10-7-20-12-9(10)6-15-13(17-12)16-8-4-2-1-3-5-8/h1-7H,14H2,(H,18,19)(H,15,16,17). The molecule has 2 aromatic heterocycles. The molecule has 0 aliphatic rings. The van der Waals surface area contributed by atoms with E-state index >= 15 is 0 Å². The minimum atomic E-state index is -0.448. The Hall–Kier alpha value is -2.93. The lowest BCUT2D eigenvalue weighted by molar-refractivity contribution is 0.0954. The third-order valence-corrected chi connectivity index (χ3v) is 2.74. The molecule has 20 heavy (non-hydrogen) atoms. The van der Waals surface area contributed by atoms with Gasteiger partial charge in [-0.15, -0.1) is 0 Å². The number of nitrogens with zero attached hydrogens (tertiary/aromatic N) is 2. The van der Waals surface area contributed by atoms with Gasteiger partial charge in [-0.25, -0.2) is 10.8 Å². The minimum Gasteiger partial charge on any atom is -0.445 e. The molecule has 100 valence electrons. The number of carbonyl (C=O) groups excluding carboxylic acids is 1. The van der Waals surface area contributed by atoms with E-state index in [1.807, 2.05) is 35.8 Å². The van der Waals surface area contributed by atoms with Gasteiger partial charge in [0.1, 0.15) is 6.26 Å². The highest BCUT2D eigenvalue weighted by Crippen LogP contribution is 2.21. The molecule has 3 rings (SSSR count). The quantitative estimate of drug-likeness (QED) is 0.378.